The van der Waals surface area contributed by atoms with Crippen LogP contribution in [0.5, 0.6) is 0 Å². The number of hydrogen-bond acceptors (Lipinski definition) is 3. The Morgan fingerprint density at radius 1 is 1.17 bits per heavy atom. The predicted octanol–water partition coefficient (Wildman–Crippen LogP) is 4.46. The van der Waals surface area contributed by atoms with E-state index in [4.69, 9.17) is 0 Å². The maximum Gasteiger partial charge on any atom is 0.160 e. The molecule has 0 aliphatic heterocycles. The fraction of sp³-hybridized carbons (Fsp3) is 0.400. The van der Waals surface area contributed by atoms with Crippen molar-refractivity contribution >= 4 is 29.3 Å². The molecule has 1 aromatic rings. The Morgan fingerprint density at radius 3 is 2.44 bits per heavy atom. The van der Waals surface area contributed by atoms with E-state index in [1.54, 1.807) is 23.5 Å². The first-order valence-electron chi connectivity index (χ1n) is 6.15. The highest BCUT2D eigenvalue weighted by atomic mass is 32.2. The first-order valence-corrected chi connectivity index (χ1v) is 8.60. The summed E-state index contributed by atoms with van der Waals surface area (Å²) in [5, 5.41) is 0. The van der Waals surface area contributed by atoms with Crippen molar-refractivity contribution in [3.8, 4) is 0 Å². The predicted molar refractivity (Wildman–Crippen MR) is 82.1 cm³/mol. The second-order valence-electron chi connectivity index (χ2n) is 4.45. The third-order valence-electron chi connectivity index (χ3n) is 3.40. The average Bonchev–Trinajstić information content (AvgIpc) is 2.43. The van der Waals surface area contributed by atoms with Gasteiger partial charge in [0.05, 0.1) is 0 Å². The van der Waals surface area contributed by atoms with Gasteiger partial charge in [-0.25, -0.2) is 0 Å². The summed E-state index contributed by atoms with van der Waals surface area (Å²) in [7, 11) is 0. The van der Waals surface area contributed by atoms with Crippen LogP contribution < -0.4 is 0 Å². The lowest BCUT2D eigenvalue weighted by atomic mass is 9.81. The summed E-state index contributed by atoms with van der Waals surface area (Å²) in [6, 6.07) is 10.6. The van der Waals surface area contributed by atoms with Gasteiger partial charge in [0.2, 0.25) is 0 Å². The second-order valence-corrected chi connectivity index (χ2v) is 6.34. The third-order valence-corrected chi connectivity index (χ3v) is 5.63. The molecule has 18 heavy (non-hydrogen) atoms. The SMILES string of the molecule is CSC(SC)=C1CC(c2ccccc2)CCC1=O. The zero-order valence-corrected chi connectivity index (χ0v) is 12.4. The van der Waals surface area contributed by atoms with Crippen LogP contribution in [-0.4, -0.2) is 18.3 Å². The van der Waals surface area contributed by atoms with Crippen molar-refractivity contribution in [1.29, 1.82) is 0 Å². The molecule has 1 fully saturated rings. The number of carbonyl (C=O) groups excluding carboxylic acids is 1. The van der Waals surface area contributed by atoms with Gasteiger partial charge in [0.1, 0.15) is 0 Å². The van der Waals surface area contributed by atoms with Gasteiger partial charge in [-0.2, -0.15) is 0 Å². The Labute approximate surface area is 117 Å². The van der Waals surface area contributed by atoms with Gasteiger partial charge in [0.25, 0.3) is 0 Å². The van der Waals surface area contributed by atoms with Gasteiger partial charge in [-0.3, -0.25) is 4.79 Å². The van der Waals surface area contributed by atoms with Crippen LogP contribution in [0.2, 0.25) is 0 Å². The molecule has 0 radical (unpaired) electrons. The number of rotatable bonds is 3. The molecule has 0 N–H and O–H groups in total. The molecule has 1 aromatic carbocycles. The van der Waals surface area contributed by atoms with Crippen molar-refractivity contribution in [3.05, 3.63) is 45.7 Å². The van der Waals surface area contributed by atoms with Crippen LogP contribution in [0, 0.1) is 0 Å². The zero-order chi connectivity index (χ0) is 13.0. The van der Waals surface area contributed by atoms with E-state index in [1.165, 1.54) is 9.80 Å². The second kappa shape index (κ2) is 6.48. The van der Waals surface area contributed by atoms with Gasteiger partial charge >= 0.3 is 0 Å². The van der Waals surface area contributed by atoms with E-state index in [1.807, 2.05) is 6.07 Å². The maximum absolute atomic E-state index is 12.0. The molecule has 1 aliphatic rings. The van der Waals surface area contributed by atoms with Crippen LogP contribution in [0.15, 0.2) is 40.1 Å². The van der Waals surface area contributed by atoms with E-state index >= 15 is 0 Å². The minimum atomic E-state index is 0.348. The smallest absolute Gasteiger partial charge is 0.160 e. The Bertz CT molecular complexity index is 445. The van der Waals surface area contributed by atoms with Crippen molar-refractivity contribution in [2.75, 3.05) is 12.5 Å². The Morgan fingerprint density at radius 2 is 1.83 bits per heavy atom. The van der Waals surface area contributed by atoms with Crippen LogP contribution in [0.1, 0.15) is 30.7 Å². The molecule has 1 unspecified atom stereocenters. The van der Waals surface area contributed by atoms with Crippen molar-refractivity contribution < 1.29 is 4.79 Å². The van der Waals surface area contributed by atoms with E-state index in [-0.39, 0.29) is 0 Å². The van der Waals surface area contributed by atoms with E-state index in [2.05, 4.69) is 36.8 Å². The van der Waals surface area contributed by atoms with Crippen LogP contribution in [0.4, 0.5) is 0 Å². The summed E-state index contributed by atoms with van der Waals surface area (Å²) < 4.78 is 1.20. The minimum Gasteiger partial charge on any atom is -0.294 e. The lowest BCUT2D eigenvalue weighted by Crippen LogP contribution is -2.16. The van der Waals surface area contributed by atoms with E-state index in [0.29, 0.717) is 18.1 Å². The van der Waals surface area contributed by atoms with Gasteiger partial charge in [0.15, 0.2) is 5.78 Å². The molecule has 1 aliphatic carbocycles. The molecule has 1 saturated carbocycles. The summed E-state index contributed by atoms with van der Waals surface area (Å²) in [6.45, 7) is 0. The third kappa shape index (κ3) is 3.01. The number of Topliss-reactive ketones (excluding diaryl/α,β-unsaturated/α-hetero) is 1. The molecule has 96 valence electrons. The largest absolute Gasteiger partial charge is 0.294 e. The Kier molecular flexibility index (Phi) is 4.95. The molecule has 0 bridgehead atoms. The van der Waals surface area contributed by atoms with Crippen LogP contribution in [-0.2, 0) is 4.79 Å². The van der Waals surface area contributed by atoms with E-state index in [0.717, 1.165) is 18.4 Å². The first-order chi connectivity index (χ1) is 8.76. The molecule has 0 spiro atoms. The van der Waals surface area contributed by atoms with Crippen molar-refractivity contribution in [1.82, 2.24) is 0 Å². The number of thioether (sulfide) groups is 2. The molecule has 0 saturated heterocycles. The van der Waals surface area contributed by atoms with Crippen LogP contribution in [0.25, 0.3) is 0 Å². The highest BCUT2D eigenvalue weighted by molar-refractivity contribution is 8.21. The van der Waals surface area contributed by atoms with Gasteiger partial charge in [0, 0.05) is 16.2 Å². The molecule has 0 heterocycles. The fourth-order valence-electron chi connectivity index (χ4n) is 2.46. The Balaban J connectivity index is 2.24. The summed E-state index contributed by atoms with van der Waals surface area (Å²) in [6.07, 6.45) is 6.69. The summed E-state index contributed by atoms with van der Waals surface area (Å²) in [4.78, 5) is 12.0. The summed E-state index contributed by atoms with van der Waals surface area (Å²) >= 11 is 3.40. The number of hydrogen-bond donors (Lipinski definition) is 0. The first kappa shape index (κ1) is 13.8. The monoisotopic (exact) mass is 278 g/mol. The highest BCUT2D eigenvalue weighted by Crippen LogP contribution is 2.39. The molecule has 1 atom stereocenters. The zero-order valence-electron chi connectivity index (χ0n) is 10.8. The molecule has 2 rings (SSSR count). The molecular formula is C15H18OS2. The molecule has 1 nitrogen and oxygen atoms in total. The summed E-state index contributed by atoms with van der Waals surface area (Å²) in [5.41, 5.74) is 2.42. The maximum atomic E-state index is 12.0. The molecule has 0 aromatic heterocycles. The molecule has 3 heteroatoms. The normalized spacial score (nSPS) is 20.0. The lowest BCUT2D eigenvalue weighted by Gasteiger charge is -2.25. The fourth-order valence-corrected chi connectivity index (χ4v) is 4.01. The molecular weight excluding hydrogens is 260 g/mol. The van der Waals surface area contributed by atoms with Gasteiger partial charge < -0.3 is 0 Å². The van der Waals surface area contributed by atoms with E-state index in [9.17, 15) is 4.79 Å². The lowest BCUT2D eigenvalue weighted by molar-refractivity contribution is -0.116. The van der Waals surface area contributed by atoms with Crippen LogP contribution in [0.3, 0.4) is 0 Å². The average molecular weight is 278 g/mol. The van der Waals surface area contributed by atoms with E-state index < -0.39 is 0 Å². The number of allylic oxidation sites excluding steroid dienone is 1. The van der Waals surface area contributed by atoms with Crippen molar-refractivity contribution in [3.63, 3.8) is 0 Å². The van der Waals surface area contributed by atoms with Crippen LogP contribution >= 0.6 is 23.5 Å². The van der Waals surface area contributed by atoms with Gasteiger partial charge in [-0.05, 0) is 36.8 Å². The topological polar surface area (TPSA) is 17.1 Å². The Hall–Kier alpha value is -0.670. The summed E-state index contributed by atoms with van der Waals surface area (Å²) in [5.74, 6) is 0.856. The van der Waals surface area contributed by atoms with Crippen molar-refractivity contribution in [2.45, 2.75) is 25.2 Å². The van der Waals surface area contributed by atoms with Gasteiger partial charge in [-0.15, -0.1) is 23.5 Å². The quantitative estimate of drug-likeness (QED) is 0.760. The van der Waals surface area contributed by atoms with Crippen molar-refractivity contribution in [2.24, 2.45) is 0 Å². The number of benzene rings is 1. The minimum absolute atomic E-state index is 0.348. The number of carbonyl (C=O) groups is 1. The number of ketones is 1. The standard InChI is InChI=1S/C15H18OS2/c1-17-15(18-2)13-10-12(8-9-14(13)16)11-6-4-3-5-7-11/h3-7,12H,8-10H2,1-2H3. The highest BCUT2D eigenvalue weighted by Gasteiger charge is 2.26. The molecule has 0 amide bonds. The van der Waals surface area contributed by atoms with Gasteiger partial charge in [-0.1, -0.05) is 30.3 Å².